The lowest BCUT2D eigenvalue weighted by Crippen LogP contribution is -2.17. The minimum absolute atomic E-state index is 0.0806. The summed E-state index contributed by atoms with van der Waals surface area (Å²) >= 11 is 0. The summed E-state index contributed by atoms with van der Waals surface area (Å²) in [6.07, 6.45) is 4.84. The van der Waals surface area contributed by atoms with Crippen molar-refractivity contribution >= 4 is 5.78 Å². The highest BCUT2D eigenvalue weighted by atomic mass is 19.1. The highest BCUT2D eigenvalue weighted by Crippen LogP contribution is 2.09. The Bertz CT molecular complexity index is 664. The van der Waals surface area contributed by atoms with Crippen molar-refractivity contribution in [2.45, 2.75) is 6.54 Å². The molecule has 0 atom stereocenters. The van der Waals surface area contributed by atoms with Gasteiger partial charge in [-0.3, -0.25) is 4.79 Å². The van der Waals surface area contributed by atoms with Crippen LogP contribution in [0, 0.1) is 5.82 Å². The van der Waals surface area contributed by atoms with Crippen molar-refractivity contribution in [2.75, 3.05) is 6.54 Å². The molecule has 0 bridgehead atoms. The van der Waals surface area contributed by atoms with E-state index in [2.05, 4.69) is 6.58 Å². The molecular formula is C19H18FNO. The van der Waals surface area contributed by atoms with E-state index in [1.54, 1.807) is 24.4 Å². The third kappa shape index (κ3) is 4.42. The molecule has 0 fully saturated rings. The van der Waals surface area contributed by atoms with E-state index in [4.69, 9.17) is 0 Å². The number of ketones is 1. The van der Waals surface area contributed by atoms with Crippen molar-refractivity contribution in [3.8, 4) is 0 Å². The Morgan fingerprint density at radius 1 is 1.09 bits per heavy atom. The number of allylic oxidation sites excluding steroid dienone is 1. The van der Waals surface area contributed by atoms with Crippen LogP contribution in [0.1, 0.15) is 15.9 Å². The summed E-state index contributed by atoms with van der Waals surface area (Å²) in [6, 6.07) is 15.9. The molecule has 2 rings (SSSR count). The summed E-state index contributed by atoms with van der Waals surface area (Å²) in [5, 5.41) is 0. The minimum Gasteiger partial charge on any atom is -0.369 e. The molecule has 0 aliphatic rings. The average Bonchev–Trinajstić information content (AvgIpc) is 2.54. The van der Waals surface area contributed by atoms with Crippen LogP contribution in [0.2, 0.25) is 0 Å². The van der Waals surface area contributed by atoms with Gasteiger partial charge in [0, 0.05) is 25.4 Å². The van der Waals surface area contributed by atoms with Gasteiger partial charge in [-0.1, -0.05) is 48.5 Å². The fourth-order valence-electron chi connectivity index (χ4n) is 2.09. The summed E-state index contributed by atoms with van der Waals surface area (Å²) in [6.45, 7) is 4.99. The molecule has 0 unspecified atom stereocenters. The summed E-state index contributed by atoms with van der Waals surface area (Å²) < 4.78 is 13.6. The lowest BCUT2D eigenvalue weighted by Gasteiger charge is -2.18. The number of nitrogens with zero attached hydrogens (tertiary/aromatic N) is 1. The van der Waals surface area contributed by atoms with Crippen LogP contribution in [0.3, 0.4) is 0 Å². The van der Waals surface area contributed by atoms with E-state index in [0.29, 0.717) is 13.1 Å². The number of rotatable bonds is 7. The van der Waals surface area contributed by atoms with E-state index < -0.39 is 5.82 Å². The third-order valence-corrected chi connectivity index (χ3v) is 3.17. The van der Waals surface area contributed by atoms with Crippen LogP contribution in [-0.4, -0.2) is 17.2 Å². The topological polar surface area (TPSA) is 20.3 Å². The SMILES string of the molecule is C=CCN(C=CC(=O)c1ccccc1F)Cc1ccccc1. The largest absolute Gasteiger partial charge is 0.369 e. The Morgan fingerprint density at radius 3 is 2.45 bits per heavy atom. The number of carbonyl (C=O) groups is 1. The first kappa shape index (κ1) is 15.7. The summed E-state index contributed by atoms with van der Waals surface area (Å²) in [7, 11) is 0. The fraction of sp³-hybridized carbons (Fsp3) is 0.105. The second kappa shape index (κ2) is 7.93. The first-order valence-electron chi connectivity index (χ1n) is 7.06. The smallest absolute Gasteiger partial charge is 0.190 e. The molecule has 2 aromatic carbocycles. The quantitative estimate of drug-likeness (QED) is 0.433. The number of halogens is 1. The second-order valence-electron chi connectivity index (χ2n) is 4.86. The van der Waals surface area contributed by atoms with Crippen LogP contribution in [0.4, 0.5) is 4.39 Å². The molecule has 0 aromatic heterocycles. The Kier molecular flexibility index (Phi) is 5.66. The lowest BCUT2D eigenvalue weighted by molar-refractivity contribution is 0.104. The van der Waals surface area contributed by atoms with Gasteiger partial charge in [-0.05, 0) is 17.7 Å². The molecule has 0 radical (unpaired) electrons. The van der Waals surface area contributed by atoms with E-state index in [9.17, 15) is 9.18 Å². The molecule has 2 nitrogen and oxygen atoms in total. The maximum absolute atomic E-state index is 13.6. The van der Waals surface area contributed by atoms with Crippen molar-refractivity contribution in [2.24, 2.45) is 0 Å². The van der Waals surface area contributed by atoms with Crippen LogP contribution in [0.5, 0.6) is 0 Å². The van der Waals surface area contributed by atoms with Crippen molar-refractivity contribution in [1.29, 1.82) is 0 Å². The summed E-state index contributed by atoms with van der Waals surface area (Å²) in [5.74, 6) is -0.851. The molecule has 2 aromatic rings. The Balaban J connectivity index is 2.08. The van der Waals surface area contributed by atoms with Gasteiger partial charge < -0.3 is 4.90 Å². The normalized spacial score (nSPS) is 10.6. The van der Waals surface area contributed by atoms with Crippen LogP contribution in [0.15, 0.2) is 79.5 Å². The van der Waals surface area contributed by atoms with Crippen molar-refractivity contribution in [1.82, 2.24) is 4.90 Å². The molecule has 112 valence electrons. The van der Waals surface area contributed by atoms with E-state index in [0.717, 1.165) is 5.56 Å². The average molecular weight is 295 g/mol. The zero-order valence-electron chi connectivity index (χ0n) is 12.3. The van der Waals surface area contributed by atoms with E-state index in [1.165, 1.54) is 18.2 Å². The van der Waals surface area contributed by atoms with Crippen LogP contribution >= 0.6 is 0 Å². The summed E-state index contributed by atoms with van der Waals surface area (Å²) in [5.41, 5.74) is 1.21. The van der Waals surface area contributed by atoms with Crippen molar-refractivity contribution in [3.05, 3.63) is 96.5 Å². The predicted molar refractivity (Wildman–Crippen MR) is 86.9 cm³/mol. The van der Waals surface area contributed by atoms with Gasteiger partial charge in [0.1, 0.15) is 5.82 Å². The maximum atomic E-state index is 13.6. The van der Waals surface area contributed by atoms with Gasteiger partial charge in [0.25, 0.3) is 0 Å². The molecule has 0 aliphatic carbocycles. The standard InChI is InChI=1S/C19H18FNO/c1-2-13-21(15-16-8-4-3-5-9-16)14-12-19(22)17-10-6-7-11-18(17)20/h2-12,14H,1,13,15H2. The number of benzene rings is 2. The molecule has 22 heavy (non-hydrogen) atoms. The Labute approximate surface area is 130 Å². The zero-order chi connectivity index (χ0) is 15.8. The molecule has 3 heteroatoms. The maximum Gasteiger partial charge on any atom is 0.190 e. The van der Waals surface area contributed by atoms with Gasteiger partial charge in [0.05, 0.1) is 5.56 Å². The Morgan fingerprint density at radius 2 is 1.77 bits per heavy atom. The molecule has 0 aliphatic heterocycles. The minimum atomic E-state index is -0.504. The van der Waals surface area contributed by atoms with Gasteiger partial charge in [-0.2, -0.15) is 0 Å². The van der Waals surface area contributed by atoms with E-state index in [-0.39, 0.29) is 11.3 Å². The molecule has 0 heterocycles. The van der Waals surface area contributed by atoms with Crippen molar-refractivity contribution in [3.63, 3.8) is 0 Å². The Hall–Kier alpha value is -2.68. The molecule has 0 amide bonds. The molecular weight excluding hydrogens is 277 g/mol. The monoisotopic (exact) mass is 295 g/mol. The fourth-order valence-corrected chi connectivity index (χ4v) is 2.09. The van der Waals surface area contributed by atoms with E-state index in [1.807, 2.05) is 35.2 Å². The molecule has 0 N–H and O–H groups in total. The first-order chi connectivity index (χ1) is 10.7. The van der Waals surface area contributed by atoms with Gasteiger partial charge in [-0.25, -0.2) is 4.39 Å². The van der Waals surface area contributed by atoms with Gasteiger partial charge in [0.2, 0.25) is 0 Å². The number of hydrogen-bond donors (Lipinski definition) is 0. The molecule has 0 saturated heterocycles. The predicted octanol–water partition coefficient (Wildman–Crippen LogP) is 4.21. The zero-order valence-corrected chi connectivity index (χ0v) is 12.3. The van der Waals surface area contributed by atoms with Crippen LogP contribution < -0.4 is 0 Å². The second-order valence-corrected chi connectivity index (χ2v) is 4.86. The highest BCUT2D eigenvalue weighted by molar-refractivity contribution is 6.04. The molecule has 0 spiro atoms. The summed E-state index contributed by atoms with van der Waals surface area (Å²) in [4.78, 5) is 14.0. The highest BCUT2D eigenvalue weighted by Gasteiger charge is 2.08. The van der Waals surface area contributed by atoms with Gasteiger partial charge in [-0.15, -0.1) is 6.58 Å². The van der Waals surface area contributed by atoms with Gasteiger partial charge in [0.15, 0.2) is 5.78 Å². The van der Waals surface area contributed by atoms with Crippen LogP contribution in [-0.2, 0) is 6.54 Å². The van der Waals surface area contributed by atoms with Gasteiger partial charge >= 0.3 is 0 Å². The van der Waals surface area contributed by atoms with Crippen LogP contribution in [0.25, 0.3) is 0 Å². The number of carbonyl (C=O) groups excluding carboxylic acids is 1. The van der Waals surface area contributed by atoms with Crippen molar-refractivity contribution < 1.29 is 9.18 Å². The molecule has 0 saturated carbocycles. The number of hydrogen-bond acceptors (Lipinski definition) is 2. The van der Waals surface area contributed by atoms with E-state index >= 15 is 0 Å². The first-order valence-corrected chi connectivity index (χ1v) is 7.06. The lowest BCUT2D eigenvalue weighted by atomic mass is 10.1. The third-order valence-electron chi connectivity index (χ3n) is 3.17.